The van der Waals surface area contributed by atoms with Crippen molar-refractivity contribution in [1.29, 1.82) is 0 Å². The van der Waals surface area contributed by atoms with Gasteiger partial charge in [-0.15, -0.1) is 0 Å². The summed E-state index contributed by atoms with van der Waals surface area (Å²) in [6.45, 7) is 3.73. The lowest BCUT2D eigenvalue weighted by Gasteiger charge is -2.05. The Morgan fingerprint density at radius 3 is 1.95 bits per heavy atom. The number of rotatable bonds is 4. The number of carbonyl (C=O) groups excluding carboxylic acids is 1. The van der Waals surface area contributed by atoms with Gasteiger partial charge in [0.2, 0.25) is 0 Å². The van der Waals surface area contributed by atoms with Gasteiger partial charge in [0, 0.05) is 6.42 Å². The van der Waals surface area contributed by atoms with Gasteiger partial charge in [-0.3, -0.25) is 4.79 Å². The predicted molar refractivity (Wildman–Crippen MR) is 78.5 cm³/mol. The average Bonchev–Trinajstić information content (AvgIpc) is 2.28. The van der Waals surface area contributed by atoms with Crippen molar-refractivity contribution >= 4 is 26.8 Å². The zero-order chi connectivity index (χ0) is 15.1. The first-order valence-electron chi connectivity index (χ1n) is 5.75. The molecule has 0 atom stereocenters. The van der Waals surface area contributed by atoms with Crippen LogP contribution in [-0.4, -0.2) is 37.0 Å². The van der Waals surface area contributed by atoms with Crippen LogP contribution in [0.15, 0.2) is 29.2 Å². The van der Waals surface area contributed by atoms with Crippen LogP contribution in [-0.2, 0) is 25.8 Å². The third-order valence-corrected chi connectivity index (χ3v) is 3.90. The van der Waals surface area contributed by atoms with E-state index in [0.29, 0.717) is 23.1 Å². The Morgan fingerprint density at radius 1 is 1.21 bits per heavy atom. The molecule has 0 aliphatic rings. The molecule has 0 saturated carbocycles. The van der Waals surface area contributed by atoms with E-state index in [-0.39, 0.29) is 4.90 Å². The van der Waals surface area contributed by atoms with Gasteiger partial charge >= 0.3 is 0 Å². The second-order valence-corrected chi connectivity index (χ2v) is 7.93. The number of hydrogen-bond donors (Lipinski definition) is 0. The first-order valence-corrected chi connectivity index (χ1v) is 9.37. The minimum absolute atomic E-state index is 0.178. The molecule has 4 nitrogen and oxygen atoms in total. The van der Waals surface area contributed by atoms with Crippen LogP contribution >= 0.6 is 0 Å². The highest BCUT2D eigenvalue weighted by molar-refractivity contribution is 7.96. The fourth-order valence-electron chi connectivity index (χ4n) is 1.13. The SMILES string of the molecule is CCC(=O)C[S+](C)C.Cc1ccc(S(=O)(=O)[O-])cc1. The summed E-state index contributed by atoms with van der Waals surface area (Å²) in [7, 11) is -3.96. The van der Waals surface area contributed by atoms with Gasteiger partial charge in [-0.2, -0.15) is 0 Å². The van der Waals surface area contributed by atoms with Crippen LogP contribution in [0, 0.1) is 6.92 Å². The highest BCUT2D eigenvalue weighted by atomic mass is 32.2. The molecule has 0 unspecified atom stereocenters. The van der Waals surface area contributed by atoms with Gasteiger partial charge in [-0.25, -0.2) is 8.42 Å². The quantitative estimate of drug-likeness (QED) is 0.627. The van der Waals surface area contributed by atoms with Gasteiger partial charge in [-0.05, 0) is 30.0 Å². The van der Waals surface area contributed by atoms with Gasteiger partial charge in [0.15, 0.2) is 11.5 Å². The second kappa shape index (κ2) is 8.35. The normalized spacial score (nSPS) is 10.8. The molecule has 0 heterocycles. The summed E-state index contributed by atoms with van der Waals surface area (Å²) < 4.78 is 31.2. The molecule has 0 radical (unpaired) electrons. The standard InChI is InChI=1S/C7H8O3S.C6H13OS/c1-6-2-4-7(5-3-6)11(8,9)10;1-4-6(7)5-8(2)3/h2-5H,1H3,(H,8,9,10);4-5H2,1-3H3/q;+1/p-1. The van der Waals surface area contributed by atoms with Crippen molar-refractivity contribution < 1.29 is 17.8 Å². The summed E-state index contributed by atoms with van der Waals surface area (Å²) in [6.07, 6.45) is 4.88. The number of Topliss-reactive ketones (excluding diaryl/α,β-unsaturated/α-hetero) is 1. The third-order valence-electron chi connectivity index (χ3n) is 2.15. The molecule has 0 fully saturated rings. The molecule has 6 heteroatoms. The van der Waals surface area contributed by atoms with Gasteiger partial charge in [-0.1, -0.05) is 24.6 Å². The number of ketones is 1. The van der Waals surface area contributed by atoms with E-state index in [9.17, 15) is 17.8 Å². The largest absolute Gasteiger partial charge is 0.744 e. The number of hydrogen-bond acceptors (Lipinski definition) is 4. The average molecular weight is 304 g/mol. The van der Waals surface area contributed by atoms with E-state index in [4.69, 9.17) is 0 Å². The van der Waals surface area contributed by atoms with E-state index in [1.165, 1.54) is 12.1 Å². The molecular weight excluding hydrogens is 284 g/mol. The topological polar surface area (TPSA) is 74.3 Å². The van der Waals surface area contributed by atoms with Gasteiger partial charge in [0.1, 0.15) is 10.1 Å². The Hall–Kier alpha value is -0.850. The molecule has 0 N–H and O–H groups in total. The molecule has 0 amide bonds. The summed E-state index contributed by atoms with van der Waals surface area (Å²) in [6, 6.07) is 5.78. The van der Waals surface area contributed by atoms with Crippen molar-refractivity contribution in [1.82, 2.24) is 0 Å². The van der Waals surface area contributed by atoms with E-state index < -0.39 is 10.1 Å². The highest BCUT2D eigenvalue weighted by Crippen LogP contribution is 2.08. The fourth-order valence-corrected chi connectivity index (χ4v) is 2.45. The number of aryl methyl sites for hydroxylation is 1. The van der Waals surface area contributed by atoms with Gasteiger partial charge < -0.3 is 4.55 Å². The highest BCUT2D eigenvalue weighted by Gasteiger charge is 2.07. The van der Waals surface area contributed by atoms with E-state index in [1.807, 2.05) is 13.8 Å². The maximum atomic E-state index is 10.6. The van der Waals surface area contributed by atoms with Crippen LogP contribution in [0.2, 0.25) is 0 Å². The maximum Gasteiger partial charge on any atom is 0.181 e. The Morgan fingerprint density at radius 2 is 1.68 bits per heavy atom. The molecule has 0 saturated heterocycles. The fraction of sp³-hybridized carbons (Fsp3) is 0.462. The number of carbonyl (C=O) groups is 1. The van der Waals surface area contributed by atoms with Crippen molar-refractivity contribution in [2.45, 2.75) is 25.2 Å². The third kappa shape index (κ3) is 8.80. The summed E-state index contributed by atoms with van der Waals surface area (Å²) in [5, 5.41) is 0. The number of benzene rings is 1. The Balaban J connectivity index is 0.000000362. The molecule has 0 spiro atoms. The molecule has 0 bridgehead atoms. The van der Waals surface area contributed by atoms with E-state index in [1.54, 1.807) is 12.1 Å². The first-order chi connectivity index (χ1) is 8.66. The van der Waals surface area contributed by atoms with Crippen molar-refractivity contribution in [3.8, 4) is 0 Å². The van der Waals surface area contributed by atoms with Crippen molar-refractivity contribution in [3.63, 3.8) is 0 Å². The van der Waals surface area contributed by atoms with Gasteiger partial charge in [0.05, 0.1) is 17.4 Å². The van der Waals surface area contributed by atoms with E-state index in [0.717, 1.165) is 11.3 Å². The monoisotopic (exact) mass is 304 g/mol. The van der Waals surface area contributed by atoms with Gasteiger partial charge in [0.25, 0.3) is 0 Å². The lowest BCUT2D eigenvalue weighted by Crippen LogP contribution is -2.11. The van der Waals surface area contributed by atoms with Crippen LogP contribution in [0.4, 0.5) is 0 Å². The summed E-state index contributed by atoms with van der Waals surface area (Å²) in [5.74, 6) is 1.16. The summed E-state index contributed by atoms with van der Waals surface area (Å²) >= 11 is 0. The van der Waals surface area contributed by atoms with E-state index >= 15 is 0 Å². The molecule has 108 valence electrons. The smallest absolute Gasteiger partial charge is 0.181 e. The molecule has 1 aromatic rings. The minimum atomic E-state index is -4.27. The molecule has 19 heavy (non-hydrogen) atoms. The van der Waals surface area contributed by atoms with Crippen LogP contribution in [0.1, 0.15) is 18.9 Å². The zero-order valence-corrected chi connectivity index (χ0v) is 13.3. The van der Waals surface area contributed by atoms with Crippen LogP contribution in [0.5, 0.6) is 0 Å². The lowest BCUT2D eigenvalue weighted by molar-refractivity contribution is -0.116. The second-order valence-electron chi connectivity index (χ2n) is 4.29. The first kappa shape index (κ1) is 18.1. The minimum Gasteiger partial charge on any atom is -0.744 e. The molecule has 0 aliphatic carbocycles. The zero-order valence-electron chi connectivity index (χ0n) is 11.7. The molecule has 0 aliphatic heterocycles. The Bertz CT molecular complexity index is 490. The Labute approximate surface area is 118 Å². The van der Waals surface area contributed by atoms with Crippen LogP contribution < -0.4 is 0 Å². The molecular formula is C13H20O4S2. The summed E-state index contributed by atoms with van der Waals surface area (Å²) in [4.78, 5) is 10.5. The lowest BCUT2D eigenvalue weighted by atomic mass is 10.2. The van der Waals surface area contributed by atoms with E-state index in [2.05, 4.69) is 12.5 Å². The predicted octanol–water partition coefficient (Wildman–Crippen LogP) is 1.74. The summed E-state index contributed by atoms with van der Waals surface area (Å²) in [5.41, 5.74) is 0.928. The molecule has 0 aromatic heterocycles. The molecule has 1 aromatic carbocycles. The van der Waals surface area contributed by atoms with Crippen molar-refractivity contribution in [2.24, 2.45) is 0 Å². The Kier molecular flexibility index (Phi) is 7.97. The van der Waals surface area contributed by atoms with Crippen molar-refractivity contribution in [3.05, 3.63) is 29.8 Å². The van der Waals surface area contributed by atoms with Crippen LogP contribution in [0.25, 0.3) is 0 Å². The maximum absolute atomic E-state index is 10.6. The van der Waals surface area contributed by atoms with Crippen LogP contribution in [0.3, 0.4) is 0 Å². The molecule has 1 rings (SSSR count). The van der Waals surface area contributed by atoms with Crippen molar-refractivity contribution in [2.75, 3.05) is 18.3 Å².